The van der Waals surface area contributed by atoms with Crippen molar-refractivity contribution in [2.75, 3.05) is 0 Å². The summed E-state index contributed by atoms with van der Waals surface area (Å²) in [6.07, 6.45) is 1.59. The van der Waals surface area contributed by atoms with Crippen LogP contribution in [0.1, 0.15) is 50.7 Å². The third kappa shape index (κ3) is 7.95. The average Bonchev–Trinajstić information content (AvgIpc) is 3.04. The highest BCUT2D eigenvalue weighted by atomic mass is 35.5. The molecule has 2 aromatic carbocycles. The quantitative estimate of drug-likeness (QED) is 0.264. The minimum absolute atomic E-state index is 0.0252. The third-order valence-corrected chi connectivity index (χ3v) is 7.17. The van der Waals surface area contributed by atoms with Crippen LogP contribution in [0.15, 0.2) is 96.1 Å². The minimum atomic E-state index is -1.49. The molecule has 3 aromatic heterocycles. The van der Waals surface area contributed by atoms with E-state index in [9.17, 15) is 28.6 Å². The summed E-state index contributed by atoms with van der Waals surface area (Å²) in [6.45, 7) is 2.85. The zero-order valence-corrected chi connectivity index (χ0v) is 25.0. The number of aromatic carboxylic acids is 1. The zero-order valence-electron chi connectivity index (χ0n) is 24.3. The Bertz CT molecular complexity index is 1810. The van der Waals surface area contributed by atoms with E-state index in [2.05, 4.69) is 15.7 Å². The third-order valence-electron chi connectivity index (χ3n) is 6.82. The SMILES string of the molecule is Cc1cnc(C(=O)[O-])cc1-n1c(C)cc(OCc2ncc(F)cc2F)c(Cl)c1=O.[NH3+][C@@H](c1ccccc1)[C@H](O)c1ccccc1. The van der Waals surface area contributed by atoms with Gasteiger partial charge in [0.15, 0.2) is 5.82 Å². The lowest BCUT2D eigenvalue weighted by atomic mass is 9.97. The van der Waals surface area contributed by atoms with Crippen molar-refractivity contribution in [1.82, 2.24) is 14.5 Å². The maximum Gasteiger partial charge on any atom is 0.277 e. The van der Waals surface area contributed by atoms with Gasteiger partial charge in [-0.2, -0.15) is 0 Å². The predicted molar refractivity (Wildman–Crippen MR) is 161 cm³/mol. The molecule has 3 heterocycles. The number of carbonyl (C=O) groups excluding carboxylic acids is 1. The number of carboxylic acid groups (broad SMARTS) is 1. The number of halogens is 3. The number of quaternary nitrogens is 1. The molecule has 5 aromatic rings. The van der Waals surface area contributed by atoms with Crippen LogP contribution in [0.4, 0.5) is 8.78 Å². The van der Waals surface area contributed by atoms with E-state index in [-0.39, 0.29) is 40.5 Å². The highest BCUT2D eigenvalue weighted by Gasteiger charge is 2.21. The van der Waals surface area contributed by atoms with E-state index in [1.165, 1.54) is 22.9 Å². The fraction of sp³-hybridized carbons (Fsp3) is 0.152. The van der Waals surface area contributed by atoms with Crippen LogP contribution >= 0.6 is 11.6 Å². The summed E-state index contributed by atoms with van der Waals surface area (Å²) in [6, 6.07) is 22.7. The van der Waals surface area contributed by atoms with Crippen LogP contribution in [0.5, 0.6) is 5.75 Å². The Morgan fingerprint density at radius 2 is 1.62 bits per heavy atom. The van der Waals surface area contributed by atoms with Gasteiger partial charge in [0.25, 0.3) is 5.56 Å². The second kappa shape index (κ2) is 14.7. The fourth-order valence-corrected chi connectivity index (χ4v) is 4.61. The molecular formula is C33H29ClF2N4O5. The van der Waals surface area contributed by atoms with E-state index in [4.69, 9.17) is 16.3 Å². The van der Waals surface area contributed by atoms with Gasteiger partial charge in [0, 0.05) is 29.6 Å². The summed E-state index contributed by atoms with van der Waals surface area (Å²) in [7, 11) is 0. The van der Waals surface area contributed by atoms with E-state index in [0.717, 1.165) is 17.3 Å². The summed E-state index contributed by atoms with van der Waals surface area (Å²) in [5, 5.41) is 21.0. The number of ether oxygens (including phenoxy) is 1. The molecule has 2 atom stereocenters. The molecule has 5 rings (SSSR count). The van der Waals surface area contributed by atoms with Crippen molar-refractivity contribution < 1.29 is 34.3 Å². The van der Waals surface area contributed by atoms with Gasteiger partial charge in [0.05, 0.1) is 23.5 Å². The van der Waals surface area contributed by atoms with Crippen LogP contribution in [0.2, 0.25) is 5.02 Å². The van der Waals surface area contributed by atoms with Crippen LogP contribution in [0.3, 0.4) is 0 Å². The lowest BCUT2D eigenvalue weighted by molar-refractivity contribution is -0.446. The Hall–Kier alpha value is -4.97. The molecule has 0 amide bonds. The van der Waals surface area contributed by atoms with Crippen LogP contribution in [-0.4, -0.2) is 25.6 Å². The number of rotatable bonds is 8. The van der Waals surface area contributed by atoms with E-state index in [0.29, 0.717) is 17.3 Å². The number of aromatic nitrogens is 3. The number of aryl methyl sites for hydroxylation is 2. The van der Waals surface area contributed by atoms with Gasteiger partial charge in [-0.3, -0.25) is 19.3 Å². The Morgan fingerprint density at radius 1 is 1.00 bits per heavy atom. The van der Waals surface area contributed by atoms with Gasteiger partial charge in [-0.25, -0.2) is 8.78 Å². The summed E-state index contributed by atoms with van der Waals surface area (Å²) in [5.41, 5.74) is 5.99. The normalized spacial score (nSPS) is 12.1. The number of aliphatic hydroxyl groups is 1. The number of nitrogens with zero attached hydrogens (tertiary/aromatic N) is 3. The largest absolute Gasteiger partial charge is 0.543 e. The van der Waals surface area contributed by atoms with Crippen LogP contribution < -0.4 is 21.1 Å². The molecule has 12 heteroatoms. The van der Waals surface area contributed by atoms with Gasteiger partial charge in [0.1, 0.15) is 41.0 Å². The number of aliphatic hydroxyl groups excluding tert-OH is 1. The summed E-state index contributed by atoms with van der Waals surface area (Å²) in [4.78, 5) is 31.2. The van der Waals surface area contributed by atoms with E-state index in [1.54, 1.807) is 13.8 Å². The first-order valence-electron chi connectivity index (χ1n) is 13.6. The zero-order chi connectivity index (χ0) is 32.7. The van der Waals surface area contributed by atoms with Crippen molar-refractivity contribution in [3.63, 3.8) is 0 Å². The molecule has 45 heavy (non-hydrogen) atoms. The molecule has 0 saturated carbocycles. The first kappa shape index (κ1) is 32.9. The van der Waals surface area contributed by atoms with Crippen molar-refractivity contribution >= 4 is 17.6 Å². The molecule has 0 saturated heterocycles. The molecule has 0 aliphatic heterocycles. The van der Waals surface area contributed by atoms with Crippen LogP contribution in [0.25, 0.3) is 5.69 Å². The smallest absolute Gasteiger partial charge is 0.277 e. The predicted octanol–water partition coefficient (Wildman–Crippen LogP) is 3.82. The molecule has 4 N–H and O–H groups in total. The maximum absolute atomic E-state index is 13.7. The van der Waals surface area contributed by atoms with Crippen molar-refractivity contribution in [3.8, 4) is 11.4 Å². The lowest BCUT2D eigenvalue weighted by Crippen LogP contribution is -2.56. The fourth-order valence-electron chi connectivity index (χ4n) is 4.41. The standard InChI is InChI=1S/C19H14ClF2N3O4.C14H15NO/c1-9-6-23-13(19(27)28)5-15(9)25-10(2)3-16(17(20)18(25)26)29-8-14-12(22)4-11(21)7-24-14;15-13(11-7-3-1-4-8-11)14(16)12-9-5-2-6-10-12/h3-7H,8H2,1-2H3,(H,27,28);1-10,13-14,16H,15H2/t;13-,14+/m.0/s1. The van der Waals surface area contributed by atoms with Crippen molar-refractivity contribution in [2.24, 2.45) is 0 Å². The Balaban J connectivity index is 0.000000242. The Kier molecular flexibility index (Phi) is 10.7. The molecule has 0 bridgehead atoms. The monoisotopic (exact) mass is 634 g/mol. The van der Waals surface area contributed by atoms with Gasteiger partial charge in [-0.15, -0.1) is 0 Å². The minimum Gasteiger partial charge on any atom is -0.543 e. The van der Waals surface area contributed by atoms with Crippen molar-refractivity contribution in [2.45, 2.75) is 32.6 Å². The number of carboxylic acids is 1. The molecule has 0 aliphatic carbocycles. The topological polar surface area (TPSA) is 145 Å². The first-order chi connectivity index (χ1) is 21.5. The molecule has 0 fully saturated rings. The Morgan fingerprint density at radius 3 is 2.22 bits per heavy atom. The first-order valence-corrected chi connectivity index (χ1v) is 14.0. The highest BCUT2D eigenvalue weighted by Crippen LogP contribution is 2.26. The number of pyridine rings is 3. The van der Waals surface area contributed by atoms with Crippen molar-refractivity contribution in [1.29, 1.82) is 0 Å². The van der Waals surface area contributed by atoms with Gasteiger partial charge in [-0.05, 0) is 31.0 Å². The highest BCUT2D eigenvalue weighted by molar-refractivity contribution is 6.31. The number of benzene rings is 2. The summed E-state index contributed by atoms with van der Waals surface area (Å²) in [5.74, 6) is -3.24. The van der Waals surface area contributed by atoms with Gasteiger partial charge >= 0.3 is 0 Å². The molecule has 0 radical (unpaired) electrons. The summed E-state index contributed by atoms with van der Waals surface area (Å²) >= 11 is 6.13. The van der Waals surface area contributed by atoms with E-state index >= 15 is 0 Å². The Labute approximate surface area is 262 Å². The molecular weight excluding hydrogens is 606 g/mol. The van der Waals surface area contributed by atoms with E-state index < -0.39 is 29.3 Å². The lowest BCUT2D eigenvalue weighted by Gasteiger charge is -2.17. The van der Waals surface area contributed by atoms with Crippen molar-refractivity contribution in [3.05, 3.63) is 152 Å². The maximum atomic E-state index is 13.7. The van der Waals surface area contributed by atoms with Crippen LogP contribution in [-0.2, 0) is 6.61 Å². The number of hydrogen-bond acceptors (Lipinski definition) is 7. The molecule has 232 valence electrons. The number of hydrogen-bond donors (Lipinski definition) is 2. The number of carbonyl (C=O) groups is 1. The molecule has 0 spiro atoms. The van der Waals surface area contributed by atoms with Gasteiger partial charge in [-0.1, -0.05) is 72.3 Å². The second-order valence-corrected chi connectivity index (χ2v) is 10.4. The molecule has 9 nitrogen and oxygen atoms in total. The van der Waals surface area contributed by atoms with E-state index in [1.807, 2.05) is 60.7 Å². The van der Waals surface area contributed by atoms with Gasteiger partial charge in [0.2, 0.25) is 0 Å². The second-order valence-electron chi connectivity index (χ2n) is 9.99. The van der Waals surface area contributed by atoms with Gasteiger partial charge < -0.3 is 25.5 Å². The molecule has 0 unspecified atom stereocenters. The molecule has 0 aliphatic rings. The van der Waals surface area contributed by atoms with Crippen LogP contribution in [0, 0.1) is 25.5 Å². The average molecular weight is 635 g/mol. The summed E-state index contributed by atoms with van der Waals surface area (Å²) < 4.78 is 33.3.